The van der Waals surface area contributed by atoms with Gasteiger partial charge in [-0.15, -0.1) is 18.3 Å². The Balaban J connectivity index is 1.89. The highest BCUT2D eigenvalue weighted by Gasteiger charge is 2.76. The molecule has 0 aliphatic carbocycles. The van der Waals surface area contributed by atoms with Crippen LogP contribution in [-0.2, 0) is 14.4 Å². The van der Waals surface area contributed by atoms with Gasteiger partial charge in [0.15, 0.2) is 0 Å². The van der Waals surface area contributed by atoms with E-state index < -0.39 is 34.6 Å². The Kier molecular flexibility index (Phi) is 7.87. The first-order chi connectivity index (χ1) is 17.0. The molecule has 3 aliphatic heterocycles. The fraction of sp³-hybridized carbons (Fsp3) is 0.577. The molecule has 0 saturated carbocycles. The van der Waals surface area contributed by atoms with Gasteiger partial charge >= 0.3 is 5.97 Å². The maximum atomic E-state index is 14.6. The summed E-state index contributed by atoms with van der Waals surface area (Å²) in [6, 6.07) is 3.84. The fourth-order valence-corrected chi connectivity index (χ4v) is 10.3. The van der Waals surface area contributed by atoms with Gasteiger partial charge in [-0.2, -0.15) is 0 Å². The summed E-state index contributed by atoms with van der Waals surface area (Å²) in [7, 11) is 0. The van der Waals surface area contributed by atoms with Gasteiger partial charge < -0.3 is 20.0 Å². The van der Waals surface area contributed by atoms with Crippen molar-refractivity contribution >= 4 is 62.8 Å². The van der Waals surface area contributed by atoms with Crippen LogP contribution in [0, 0.1) is 24.7 Å². The minimum absolute atomic E-state index is 0.143. The van der Waals surface area contributed by atoms with Crippen molar-refractivity contribution in [3.8, 4) is 0 Å². The van der Waals surface area contributed by atoms with Gasteiger partial charge in [0.2, 0.25) is 5.91 Å². The van der Waals surface area contributed by atoms with Crippen LogP contribution in [0.5, 0.6) is 0 Å². The number of aliphatic carboxylic acids is 1. The summed E-state index contributed by atoms with van der Waals surface area (Å²) in [6.07, 6.45) is 2.59. The van der Waals surface area contributed by atoms with Crippen LogP contribution in [0.3, 0.4) is 0 Å². The van der Waals surface area contributed by atoms with Gasteiger partial charge in [-0.25, -0.2) is 0 Å². The molecule has 3 aliphatic rings. The zero-order valence-corrected chi connectivity index (χ0v) is 23.7. The second-order valence-corrected chi connectivity index (χ2v) is 13.5. The number of thioether (sulfide) groups is 1. The molecule has 196 valence electrons. The number of aryl methyl sites for hydroxylation is 1. The number of rotatable bonds is 9. The molecule has 0 aromatic heterocycles. The number of likely N-dealkylation sites (tertiary alicyclic amines) is 1. The minimum atomic E-state index is -1.03. The molecule has 7 atom stereocenters. The molecule has 2 N–H and O–H groups in total. The quantitative estimate of drug-likeness (QED) is 0.327. The zero-order valence-electron chi connectivity index (χ0n) is 20.6. The van der Waals surface area contributed by atoms with E-state index in [0.717, 1.165) is 5.56 Å². The normalized spacial score (nSPS) is 31.6. The number of hydrogen-bond donors (Lipinski definition) is 2. The standard InChI is InChI=1S/C26H32BrClN2O5S/c1-5-9-29(20-14(4)7-6-8-17(20)28)24(33)22-26-11-16(27)21(36-26)18(25(34)35)19(26)23(32)30(22)15(12-31)10-13(2)3/h5-8,13,15-16,18-19,21-22,31H,1,9-12H2,2-4H3,(H,34,35)/t15-,16?,18-,19+,21-,22?,26?/m1/s1. The number of para-hydroxylation sites is 1. The SMILES string of the molecule is C=CCN(C(=O)C1N([C@@H](CO)CC(C)C)C(=O)[C@@H]2[C@@H](C(=O)O)[C@@H]3SC12CC3Br)c1c(C)cccc1Cl. The topological polar surface area (TPSA) is 98.2 Å². The van der Waals surface area contributed by atoms with Crippen LogP contribution in [0.25, 0.3) is 0 Å². The molecule has 3 heterocycles. The second kappa shape index (κ2) is 10.3. The third-order valence-electron chi connectivity index (χ3n) is 7.63. The van der Waals surface area contributed by atoms with E-state index >= 15 is 0 Å². The lowest BCUT2D eigenvalue weighted by Crippen LogP contribution is -2.58. The Morgan fingerprint density at radius 2 is 2.11 bits per heavy atom. The molecule has 4 rings (SSSR count). The first-order valence-corrected chi connectivity index (χ1v) is 14.3. The Bertz CT molecular complexity index is 1070. The molecule has 2 bridgehead atoms. The maximum Gasteiger partial charge on any atom is 0.308 e. The summed E-state index contributed by atoms with van der Waals surface area (Å²) in [4.78, 5) is 43.9. The largest absolute Gasteiger partial charge is 0.481 e. The predicted molar refractivity (Wildman–Crippen MR) is 146 cm³/mol. The summed E-state index contributed by atoms with van der Waals surface area (Å²) in [5.41, 5.74) is 1.34. The number of fused-ring (bicyclic) bond motifs is 1. The molecule has 0 radical (unpaired) electrons. The van der Waals surface area contributed by atoms with E-state index in [0.29, 0.717) is 23.6 Å². The van der Waals surface area contributed by atoms with Gasteiger partial charge in [0.05, 0.1) is 39.9 Å². The number of anilines is 1. The predicted octanol–water partition coefficient (Wildman–Crippen LogP) is 4.12. The Hall–Kier alpha value is -1.55. The highest BCUT2D eigenvalue weighted by Crippen LogP contribution is 2.68. The molecule has 10 heteroatoms. The summed E-state index contributed by atoms with van der Waals surface area (Å²) in [5, 5.41) is 20.6. The molecular weight excluding hydrogens is 568 g/mol. The number of carbonyl (C=O) groups excluding carboxylic acids is 2. The lowest BCUT2D eigenvalue weighted by molar-refractivity contribution is -0.149. The fourth-order valence-electron chi connectivity index (χ4n) is 6.38. The molecule has 3 saturated heterocycles. The summed E-state index contributed by atoms with van der Waals surface area (Å²) in [6.45, 7) is 9.54. The number of halogens is 2. The number of carbonyl (C=O) groups is 3. The molecule has 3 fully saturated rings. The van der Waals surface area contributed by atoms with Crippen LogP contribution < -0.4 is 4.90 Å². The number of nitrogens with zero attached hydrogens (tertiary/aromatic N) is 2. The van der Waals surface area contributed by atoms with Gasteiger partial charge in [0, 0.05) is 16.6 Å². The van der Waals surface area contributed by atoms with E-state index in [1.54, 1.807) is 17.0 Å². The summed E-state index contributed by atoms with van der Waals surface area (Å²) in [5.74, 6) is -3.31. The first kappa shape index (κ1) is 27.5. The number of aliphatic hydroxyl groups is 1. The van der Waals surface area contributed by atoms with E-state index in [1.165, 1.54) is 16.7 Å². The number of aliphatic hydroxyl groups excluding tert-OH is 1. The molecule has 7 nitrogen and oxygen atoms in total. The smallest absolute Gasteiger partial charge is 0.308 e. The Morgan fingerprint density at radius 3 is 2.67 bits per heavy atom. The van der Waals surface area contributed by atoms with Crippen LogP contribution in [0.15, 0.2) is 30.9 Å². The van der Waals surface area contributed by atoms with Crippen molar-refractivity contribution in [3.63, 3.8) is 0 Å². The monoisotopic (exact) mass is 598 g/mol. The van der Waals surface area contributed by atoms with E-state index in [4.69, 9.17) is 11.6 Å². The number of carboxylic acids is 1. The molecule has 36 heavy (non-hydrogen) atoms. The molecule has 1 aromatic rings. The van der Waals surface area contributed by atoms with Gasteiger partial charge in [0.1, 0.15) is 6.04 Å². The summed E-state index contributed by atoms with van der Waals surface area (Å²) < 4.78 is -0.922. The van der Waals surface area contributed by atoms with Gasteiger partial charge in [-0.05, 0) is 37.3 Å². The maximum absolute atomic E-state index is 14.6. The Labute approximate surface area is 229 Å². The molecule has 1 aromatic carbocycles. The lowest BCUT2D eigenvalue weighted by atomic mass is 9.71. The molecule has 1 spiro atoms. The number of hydrogen-bond acceptors (Lipinski definition) is 5. The van der Waals surface area contributed by atoms with Crippen LogP contribution in [0.1, 0.15) is 32.3 Å². The highest BCUT2D eigenvalue weighted by atomic mass is 79.9. The lowest BCUT2D eigenvalue weighted by Gasteiger charge is -2.40. The van der Waals surface area contributed by atoms with E-state index in [9.17, 15) is 24.6 Å². The third-order valence-corrected chi connectivity index (χ3v) is 11.2. The zero-order chi connectivity index (χ0) is 26.5. The van der Waals surface area contributed by atoms with E-state index in [1.807, 2.05) is 32.9 Å². The second-order valence-electron chi connectivity index (χ2n) is 10.4. The van der Waals surface area contributed by atoms with Crippen molar-refractivity contribution in [3.05, 3.63) is 41.4 Å². The van der Waals surface area contributed by atoms with Gasteiger partial charge in [-0.1, -0.05) is 59.6 Å². The summed E-state index contributed by atoms with van der Waals surface area (Å²) >= 11 is 11.7. The van der Waals surface area contributed by atoms with Crippen LogP contribution in [-0.4, -0.2) is 73.0 Å². The van der Waals surface area contributed by atoms with Crippen LogP contribution in [0.4, 0.5) is 5.69 Å². The van der Waals surface area contributed by atoms with Crippen molar-refractivity contribution in [1.29, 1.82) is 0 Å². The average molecular weight is 600 g/mol. The molecule has 3 unspecified atom stereocenters. The first-order valence-electron chi connectivity index (χ1n) is 12.1. The van der Waals surface area contributed by atoms with Gasteiger partial charge in [-0.3, -0.25) is 14.4 Å². The number of alkyl halides is 1. The van der Waals surface area contributed by atoms with Crippen LogP contribution >= 0.6 is 39.3 Å². The van der Waals surface area contributed by atoms with Crippen molar-refractivity contribution < 1.29 is 24.6 Å². The van der Waals surface area contributed by atoms with E-state index in [-0.39, 0.29) is 41.0 Å². The number of amides is 2. The number of carboxylic acid groups (broad SMARTS) is 1. The third kappa shape index (κ3) is 4.20. The highest BCUT2D eigenvalue weighted by molar-refractivity contribution is 9.09. The Morgan fingerprint density at radius 1 is 1.42 bits per heavy atom. The van der Waals surface area contributed by atoms with Crippen molar-refractivity contribution in [2.45, 2.75) is 60.5 Å². The van der Waals surface area contributed by atoms with Crippen molar-refractivity contribution in [1.82, 2.24) is 4.90 Å². The molecule has 2 amide bonds. The van der Waals surface area contributed by atoms with Gasteiger partial charge in [0.25, 0.3) is 5.91 Å². The van der Waals surface area contributed by atoms with Crippen molar-refractivity contribution in [2.75, 3.05) is 18.1 Å². The molecular formula is C26H32BrClN2O5S. The van der Waals surface area contributed by atoms with Crippen molar-refractivity contribution in [2.24, 2.45) is 17.8 Å². The van der Waals surface area contributed by atoms with E-state index in [2.05, 4.69) is 22.5 Å². The minimum Gasteiger partial charge on any atom is -0.481 e. The van der Waals surface area contributed by atoms with Crippen LogP contribution in [0.2, 0.25) is 5.02 Å². The number of benzene rings is 1. The average Bonchev–Trinajstić information content (AvgIpc) is 3.39.